The Morgan fingerprint density at radius 2 is 1.96 bits per heavy atom. The highest BCUT2D eigenvalue weighted by Crippen LogP contribution is 2.19. The number of ether oxygens (including phenoxy) is 1. The van der Waals surface area contributed by atoms with Gasteiger partial charge in [0.25, 0.3) is 0 Å². The fourth-order valence-electron chi connectivity index (χ4n) is 3.08. The molecule has 2 aromatic rings. The number of benzene rings is 1. The third-order valence-corrected chi connectivity index (χ3v) is 4.55. The van der Waals surface area contributed by atoms with Gasteiger partial charge in [0, 0.05) is 43.7 Å². The molecule has 0 spiro atoms. The first kappa shape index (κ1) is 21.7. The third kappa shape index (κ3) is 7.21. The van der Waals surface area contributed by atoms with E-state index in [2.05, 4.69) is 20.6 Å². The van der Waals surface area contributed by atoms with Gasteiger partial charge >= 0.3 is 5.97 Å². The van der Waals surface area contributed by atoms with Crippen LogP contribution in [0.3, 0.4) is 0 Å². The van der Waals surface area contributed by atoms with Crippen LogP contribution in [0, 0.1) is 5.82 Å². The number of aliphatic imine (C=N–C) groups is 1. The van der Waals surface area contributed by atoms with Gasteiger partial charge in [-0.3, -0.25) is 9.79 Å². The number of hydrogen-bond donors (Lipinski definition) is 3. The normalized spacial score (nSPS) is 11.6. The number of carbonyl (C=O) groups is 1. The smallest absolute Gasteiger partial charge is 0.305 e. The zero-order valence-electron chi connectivity index (χ0n) is 16.8. The van der Waals surface area contributed by atoms with Crippen LogP contribution in [0.5, 0.6) is 0 Å². The molecular weight excluding hydrogens is 359 g/mol. The molecular formula is C21H31FN4O2. The van der Waals surface area contributed by atoms with Crippen molar-refractivity contribution >= 4 is 22.8 Å². The van der Waals surface area contributed by atoms with Gasteiger partial charge in [-0.1, -0.05) is 12.8 Å². The molecule has 7 heteroatoms. The highest BCUT2D eigenvalue weighted by atomic mass is 19.1. The predicted molar refractivity (Wildman–Crippen MR) is 111 cm³/mol. The summed E-state index contributed by atoms with van der Waals surface area (Å²) in [7, 11) is 1.75. The molecule has 0 aliphatic heterocycles. The predicted octanol–water partition coefficient (Wildman–Crippen LogP) is 3.53. The van der Waals surface area contributed by atoms with E-state index >= 15 is 0 Å². The molecule has 0 saturated carbocycles. The number of aromatic nitrogens is 1. The maximum atomic E-state index is 13.4. The number of nitrogens with zero attached hydrogens (tertiary/aromatic N) is 1. The van der Waals surface area contributed by atoms with Crippen molar-refractivity contribution in [3.63, 3.8) is 0 Å². The number of rotatable bonds is 11. The summed E-state index contributed by atoms with van der Waals surface area (Å²) in [5, 5.41) is 7.51. The number of halogens is 1. The number of unbranched alkanes of at least 4 members (excludes halogenated alkanes) is 3. The highest BCUT2D eigenvalue weighted by Gasteiger charge is 2.05. The molecule has 0 amide bonds. The molecule has 28 heavy (non-hydrogen) atoms. The fourth-order valence-corrected chi connectivity index (χ4v) is 3.08. The molecule has 1 aromatic heterocycles. The number of nitrogens with one attached hydrogen (secondary N) is 3. The summed E-state index contributed by atoms with van der Waals surface area (Å²) in [5.74, 6) is 0.432. The molecule has 0 saturated heterocycles. The molecule has 0 aliphatic rings. The Hall–Kier alpha value is -2.57. The van der Waals surface area contributed by atoms with Crippen LogP contribution in [0.2, 0.25) is 0 Å². The molecule has 6 nitrogen and oxygen atoms in total. The summed E-state index contributed by atoms with van der Waals surface area (Å²) in [6.07, 6.45) is 7.18. The second kappa shape index (κ2) is 12.0. The summed E-state index contributed by atoms with van der Waals surface area (Å²) in [6.45, 7) is 3.82. The summed E-state index contributed by atoms with van der Waals surface area (Å²) < 4.78 is 18.4. The van der Waals surface area contributed by atoms with Gasteiger partial charge in [-0.25, -0.2) is 4.39 Å². The maximum Gasteiger partial charge on any atom is 0.305 e. The van der Waals surface area contributed by atoms with Gasteiger partial charge in [0.2, 0.25) is 0 Å². The topological polar surface area (TPSA) is 78.5 Å². The van der Waals surface area contributed by atoms with Crippen LogP contribution in [0.1, 0.15) is 44.6 Å². The van der Waals surface area contributed by atoms with Crippen LogP contribution in [-0.4, -0.2) is 43.7 Å². The van der Waals surface area contributed by atoms with Crippen molar-refractivity contribution in [1.29, 1.82) is 0 Å². The molecule has 0 atom stereocenters. The molecule has 0 radical (unpaired) electrons. The Morgan fingerprint density at radius 1 is 1.18 bits per heavy atom. The van der Waals surface area contributed by atoms with Gasteiger partial charge in [0.15, 0.2) is 5.96 Å². The van der Waals surface area contributed by atoms with Gasteiger partial charge in [-0.15, -0.1) is 0 Å². The van der Waals surface area contributed by atoms with Crippen molar-refractivity contribution < 1.29 is 13.9 Å². The van der Waals surface area contributed by atoms with Crippen molar-refractivity contribution in [1.82, 2.24) is 15.6 Å². The number of esters is 1. The molecule has 0 bridgehead atoms. The Kier molecular flexibility index (Phi) is 9.31. The van der Waals surface area contributed by atoms with E-state index in [1.54, 1.807) is 19.2 Å². The molecule has 2 rings (SSSR count). The van der Waals surface area contributed by atoms with E-state index in [4.69, 9.17) is 4.74 Å². The Morgan fingerprint density at radius 3 is 2.75 bits per heavy atom. The molecule has 0 aliphatic carbocycles. The van der Waals surface area contributed by atoms with Crippen LogP contribution < -0.4 is 10.6 Å². The molecule has 1 heterocycles. The fraction of sp³-hybridized carbons (Fsp3) is 0.524. The average molecular weight is 391 g/mol. The lowest BCUT2D eigenvalue weighted by Gasteiger charge is -2.11. The van der Waals surface area contributed by atoms with Crippen LogP contribution in [0.4, 0.5) is 4.39 Å². The zero-order valence-corrected chi connectivity index (χ0v) is 16.8. The first-order valence-electron chi connectivity index (χ1n) is 9.99. The van der Waals surface area contributed by atoms with Crippen LogP contribution >= 0.6 is 0 Å². The lowest BCUT2D eigenvalue weighted by molar-refractivity contribution is -0.143. The highest BCUT2D eigenvalue weighted by molar-refractivity contribution is 5.83. The first-order valence-corrected chi connectivity index (χ1v) is 9.99. The van der Waals surface area contributed by atoms with Gasteiger partial charge in [0.1, 0.15) is 5.82 Å². The Balaban J connectivity index is 1.60. The van der Waals surface area contributed by atoms with Crippen molar-refractivity contribution in [3.8, 4) is 0 Å². The molecule has 3 N–H and O–H groups in total. The minimum Gasteiger partial charge on any atom is -0.466 e. The number of aromatic amines is 1. The van der Waals surface area contributed by atoms with Crippen molar-refractivity contribution in [2.75, 3.05) is 26.7 Å². The maximum absolute atomic E-state index is 13.4. The van der Waals surface area contributed by atoms with E-state index in [-0.39, 0.29) is 11.8 Å². The number of guanidine groups is 1. The van der Waals surface area contributed by atoms with E-state index < -0.39 is 0 Å². The average Bonchev–Trinajstić information content (AvgIpc) is 3.08. The monoisotopic (exact) mass is 390 g/mol. The van der Waals surface area contributed by atoms with Gasteiger partial charge in [-0.2, -0.15) is 0 Å². The van der Waals surface area contributed by atoms with Gasteiger partial charge in [-0.05, 0) is 49.9 Å². The number of hydrogen-bond acceptors (Lipinski definition) is 3. The Bertz CT molecular complexity index is 773. The minimum absolute atomic E-state index is 0.108. The standard InChI is InChI=1S/C21H31FN4O2/c1-3-28-20(27)8-6-4-5-7-12-24-21(23-2)25-13-11-16-15-26-19-10-9-17(22)14-18(16)19/h9-10,14-15,26H,3-8,11-13H2,1-2H3,(H2,23,24,25). The summed E-state index contributed by atoms with van der Waals surface area (Å²) in [5.41, 5.74) is 2.03. The third-order valence-electron chi connectivity index (χ3n) is 4.55. The molecule has 0 unspecified atom stereocenters. The number of fused-ring (bicyclic) bond motifs is 1. The quantitative estimate of drug-likeness (QED) is 0.237. The van der Waals surface area contributed by atoms with Crippen molar-refractivity contribution in [2.45, 2.75) is 45.4 Å². The van der Waals surface area contributed by atoms with Crippen molar-refractivity contribution in [3.05, 3.63) is 35.8 Å². The largest absolute Gasteiger partial charge is 0.466 e. The molecule has 1 aromatic carbocycles. The second-order valence-electron chi connectivity index (χ2n) is 6.65. The van der Waals surface area contributed by atoms with E-state index in [1.807, 2.05) is 13.1 Å². The van der Waals surface area contributed by atoms with E-state index in [0.717, 1.165) is 61.1 Å². The van der Waals surface area contributed by atoms with Gasteiger partial charge in [0.05, 0.1) is 6.61 Å². The van der Waals surface area contributed by atoms with Crippen LogP contribution in [0.25, 0.3) is 10.9 Å². The van der Waals surface area contributed by atoms with Crippen molar-refractivity contribution in [2.24, 2.45) is 4.99 Å². The van der Waals surface area contributed by atoms with E-state index in [0.29, 0.717) is 19.6 Å². The number of H-pyrrole nitrogens is 1. The Labute approximate surface area is 166 Å². The number of carbonyl (C=O) groups excluding carboxylic acids is 1. The zero-order chi connectivity index (χ0) is 20.2. The van der Waals surface area contributed by atoms with Crippen LogP contribution in [0.15, 0.2) is 29.4 Å². The lowest BCUT2D eigenvalue weighted by atomic mass is 10.1. The summed E-state index contributed by atoms with van der Waals surface area (Å²) in [6, 6.07) is 4.79. The van der Waals surface area contributed by atoms with Gasteiger partial charge < -0.3 is 20.4 Å². The van der Waals surface area contributed by atoms with E-state index in [9.17, 15) is 9.18 Å². The second-order valence-corrected chi connectivity index (χ2v) is 6.65. The summed E-state index contributed by atoms with van der Waals surface area (Å²) >= 11 is 0. The SMILES string of the molecule is CCOC(=O)CCCCCCNC(=NC)NCCc1c[nH]c2ccc(F)cc12. The molecule has 154 valence electrons. The summed E-state index contributed by atoms with van der Waals surface area (Å²) in [4.78, 5) is 18.7. The first-order chi connectivity index (χ1) is 13.6. The van der Waals surface area contributed by atoms with Crippen LogP contribution in [-0.2, 0) is 16.0 Å². The lowest BCUT2D eigenvalue weighted by Crippen LogP contribution is -2.38. The van der Waals surface area contributed by atoms with E-state index in [1.165, 1.54) is 6.07 Å². The minimum atomic E-state index is -0.221. The molecule has 0 fully saturated rings.